The Morgan fingerprint density at radius 3 is 2.12 bits per heavy atom. The second-order valence-corrected chi connectivity index (χ2v) is 12.3. The fourth-order valence-corrected chi connectivity index (χ4v) is 7.88. The van der Waals surface area contributed by atoms with Crippen molar-refractivity contribution >= 4 is 63.5 Å². The third kappa shape index (κ3) is 3.78. The first kappa shape index (κ1) is 25.3. The molecule has 0 N–H and O–H groups in total. The second-order valence-electron chi connectivity index (χ2n) is 10.2. The van der Waals surface area contributed by atoms with Crippen LogP contribution in [-0.4, -0.2) is 18.1 Å². The van der Waals surface area contributed by atoms with E-state index in [4.69, 9.17) is 0 Å². The van der Waals surface area contributed by atoms with Gasteiger partial charge in [0.25, 0.3) is 0 Å². The summed E-state index contributed by atoms with van der Waals surface area (Å²) in [6.45, 7) is 7.20. The van der Waals surface area contributed by atoms with Crippen LogP contribution in [0.2, 0.25) is 0 Å². The summed E-state index contributed by atoms with van der Waals surface area (Å²) in [5.74, 6) is 0. The Balaban J connectivity index is 1.36. The van der Waals surface area contributed by atoms with E-state index in [1.54, 1.807) is 10.1 Å². The maximum Gasteiger partial charge on any atom is 0.489 e. The Kier molecular flexibility index (Phi) is 5.78. The molecule has 200 valence electrons. The molecule has 0 atom stereocenters. The lowest BCUT2D eigenvalue weighted by Crippen LogP contribution is -2.19. The van der Waals surface area contributed by atoms with Gasteiger partial charge < -0.3 is 4.57 Å². The molecule has 0 fully saturated rings. The highest BCUT2D eigenvalue weighted by Crippen LogP contribution is 2.41. The molecule has 3 aromatic carbocycles. The van der Waals surface area contributed by atoms with Crippen molar-refractivity contribution in [2.24, 2.45) is 0 Å². The Bertz CT molecular complexity index is 2060. The Morgan fingerprint density at radius 2 is 1.45 bits per heavy atom. The monoisotopic (exact) mass is 647 g/mol. The number of pyridine rings is 1. The molecule has 1 aliphatic rings. The molecule has 3 aromatic heterocycles. The van der Waals surface area contributed by atoms with E-state index in [9.17, 15) is 13.2 Å². The van der Waals surface area contributed by atoms with Crippen molar-refractivity contribution in [3.05, 3.63) is 93.5 Å². The number of fused-ring (bicyclic) bond motifs is 6. The highest BCUT2D eigenvalue weighted by Gasteiger charge is 2.36. The summed E-state index contributed by atoms with van der Waals surface area (Å²) in [6, 6.07) is 18.4. The van der Waals surface area contributed by atoms with Crippen molar-refractivity contribution in [1.29, 1.82) is 0 Å². The topological polar surface area (TPSA) is 22.8 Å². The minimum Gasteiger partial charge on any atom is -0.341 e. The molecule has 1 aliphatic heterocycles. The molecular formula is C33H25F3IN3. The molecule has 0 saturated heterocycles. The zero-order valence-electron chi connectivity index (χ0n) is 22.1. The van der Waals surface area contributed by atoms with Crippen LogP contribution in [0.1, 0.15) is 29.3 Å². The van der Waals surface area contributed by atoms with Crippen molar-refractivity contribution in [3.63, 3.8) is 0 Å². The fraction of sp³-hybridized carbons (Fsp3) is 0.152. The maximum absolute atomic E-state index is 14.0. The molecule has 7 rings (SSSR count). The summed E-state index contributed by atoms with van der Waals surface area (Å²) in [6.07, 6.45) is 1.17. The van der Waals surface area contributed by atoms with Crippen molar-refractivity contribution in [2.45, 2.75) is 33.6 Å². The van der Waals surface area contributed by atoms with E-state index in [-0.39, 0.29) is 11.2 Å². The molecular weight excluding hydrogens is 622 g/mol. The smallest absolute Gasteiger partial charge is 0.341 e. The average Bonchev–Trinajstić information content (AvgIpc) is 3.46. The molecule has 0 radical (unpaired) electrons. The lowest BCUT2D eigenvalue weighted by atomic mass is 9.91. The van der Waals surface area contributed by atoms with Gasteiger partial charge >= 0.3 is 6.30 Å². The summed E-state index contributed by atoms with van der Waals surface area (Å²) >= 11 is -0.519. The molecule has 4 heterocycles. The summed E-state index contributed by atoms with van der Waals surface area (Å²) in [4.78, 5) is 4.37. The maximum atomic E-state index is 14.0. The first-order chi connectivity index (χ1) is 19.3. The predicted octanol–water partition coefficient (Wildman–Crippen LogP) is 9.70. The third-order valence-electron chi connectivity index (χ3n) is 7.94. The van der Waals surface area contributed by atoms with E-state index >= 15 is 0 Å². The SMILES string of the molecule is CCn1c2ccncc2c2cc(-c3cc(C)c(-c4ccc5c(c4)c4c(n5C(F)(F)F)C=IC=C4)cc3C)ccc21. The predicted molar refractivity (Wildman–Crippen MR) is 168 cm³/mol. The van der Waals surface area contributed by atoms with Crippen LogP contribution in [0.3, 0.4) is 0 Å². The van der Waals surface area contributed by atoms with Gasteiger partial charge in [-0.15, -0.1) is 13.2 Å². The summed E-state index contributed by atoms with van der Waals surface area (Å²) in [5, 5.41) is 2.96. The van der Waals surface area contributed by atoms with E-state index in [0.29, 0.717) is 15.5 Å². The molecule has 0 aliphatic carbocycles. The zero-order chi connectivity index (χ0) is 27.8. The van der Waals surface area contributed by atoms with E-state index in [1.165, 1.54) is 16.4 Å². The van der Waals surface area contributed by atoms with Gasteiger partial charge in [0.05, 0.1) is 16.7 Å². The number of aryl methyl sites for hydroxylation is 3. The molecule has 3 nitrogen and oxygen atoms in total. The number of rotatable bonds is 3. The number of aromatic nitrogens is 3. The Hall–Kier alpha value is -3.72. The largest absolute Gasteiger partial charge is 0.489 e. The number of hydrogen-bond donors (Lipinski definition) is 0. The van der Waals surface area contributed by atoms with Gasteiger partial charge in [-0.25, -0.2) is 0 Å². The van der Waals surface area contributed by atoms with Gasteiger partial charge in [-0.05, 0) is 98.7 Å². The van der Waals surface area contributed by atoms with Crippen molar-refractivity contribution in [2.75, 3.05) is 0 Å². The number of benzene rings is 3. The Labute approximate surface area is 239 Å². The average molecular weight is 647 g/mol. The van der Waals surface area contributed by atoms with Crippen molar-refractivity contribution in [3.8, 4) is 22.3 Å². The van der Waals surface area contributed by atoms with Gasteiger partial charge in [0, 0.05) is 46.2 Å². The van der Waals surface area contributed by atoms with Gasteiger partial charge in [-0.1, -0.05) is 45.0 Å². The molecule has 0 saturated carbocycles. The minimum atomic E-state index is -4.46. The van der Waals surface area contributed by atoms with Crippen LogP contribution in [0.25, 0.3) is 61.0 Å². The van der Waals surface area contributed by atoms with E-state index in [2.05, 4.69) is 66.7 Å². The van der Waals surface area contributed by atoms with Crippen LogP contribution in [-0.2, 0) is 12.8 Å². The molecule has 0 bridgehead atoms. The van der Waals surface area contributed by atoms with Crippen LogP contribution >= 0.6 is 20.7 Å². The van der Waals surface area contributed by atoms with Gasteiger partial charge in [0.2, 0.25) is 0 Å². The molecule has 0 unspecified atom stereocenters. The lowest BCUT2D eigenvalue weighted by Gasteiger charge is -2.15. The van der Waals surface area contributed by atoms with Crippen LogP contribution < -0.4 is 0 Å². The molecule has 0 amide bonds. The molecule has 7 heteroatoms. The number of halogens is 4. The van der Waals surface area contributed by atoms with Crippen molar-refractivity contribution in [1.82, 2.24) is 14.1 Å². The first-order valence-corrected chi connectivity index (χ1v) is 15.6. The van der Waals surface area contributed by atoms with Crippen molar-refractivity contribution < 1.29 is 13.2 Å². The minimum absolute atomic E-state index is 0.202. The van der Waals surface area contributed by atoms with Crippen LogP contribution in [0.4, 0.5) is 13.2 Å². The van der Waals surface area contributed by atoms with Gasteiger partial charge in [0.15, 0.2) is 0 Å². The lowest BCUT2D eigenvalue weighted by molar-refractivity contribution is -0.200. The van der Waals surface area contributed by atoms with Crippen LogP contribution in [0.5, 0.6) is 0 Å². The van der Waals surface area contributed by atoms with Crippen LogP contribution in [0, 0.1) is 13.8 Å². The summed E-state index contributed by atoms with van der Waals surface area (Å²) in [5.41, 5.74) is 9.92. The number of alkyl halides is 3. The molecule has 0 spiro atoms. The number of nitrogens with zero attached hydrogens (tertiary/aromatic N) is 3. The standard InChI is InChI=1S/C33H25F3IN3/c1-4-39-29-7-5-21(16-27(29)28-18-38-12-10-30(28)39)24-13-20(3)25(14-19(24)2)22-6-8-31-26(15-22)23-9-11-37-17-32(23)40(31)33(34,35)36/h5-18H,4H2,1-3H3. The van der Waals surface area contributed by atoms with Gasteiger partial charge in [-0.2, -0.15) is 0 Å². The highest BCUT2D eigenvalue weighted by atomic mass is 127. The quantitative estimate of drug-likeness (QED) is 0.176. The fourth-order valence-electron chi connectivity index (χ4n) is 6.15. The van der Waals surface area contributed by atoms with E-state index in [1.807, 2.05) is 34.7 Å². The van der Waals surface area contributed by atoms with Crippen LogP contribution in [0.15, 0.2) is 71.1 Å². The normalized spacial score (nSPS) is 13.3. The first-order valence-electron chi connectivity index (χ1n) is 13.1. The zero-order valence-corrected chi connectivity index (χ0v) is 24.3. The summed E-state index contributed by atoms with van der Waals surface area (Å²) in [7, 11) is 0. The number of hydrogen-bond acceptors (Lipinski definition) is 1. The third-order valence-corrected chi connectivity index (χ3v) is 9.67. The molecule has 6 aromatic rings. The summed E-state index contributed by atoms with van der Waals surface area (Å²) < 4.78 is 48.7. The second kappa shape index (κ2) is 9.16. The molecule has 40 heavy (non-hydrogen) atoms. The van der Waals surface area contributed by atoms with Gasteiger partial charge in [0.1, 0.15) is 0 Å². The Morgan fingerprint density at radius 1 is 0.800 bits per heavy atom. The van der Waals surface area contributed by atoms with E-state index in [0.717, 1.165) is 45.3 Å². The van der Waals surface area contributed by atoms with E-state index < -0.39 is 27.0 Å². The van der Waals surface area contributed by atoms with Gasteiger partial charge in [-0.3, -0.25) is 9.55 Å². The highest BCUT2D eigenvalue weighted by molar-refractivity contribution is 14.2.